The highest BCUT2D eigenvalue weighted by Gasteiger charge is 2.20. The van der Waals surface area contributed by atoms with Crippen LogP contribution in [0.3, 0.4) is 0 Å². The number of amides is 1. The van der Waals surface area contributed by atoms with Crippen molar-refractivity contribution >= 4 is 11.9 Å². The Morgan fingerprint density at radius 3 is 0.871 bits per heavy atom. The van der Waals surface area contributed by atoms with E-state index in [4.69, 9.17) is 4.74 Å². The SMILES string of the molecule is CCCCCCCCCCCCCCCCCCCC(=O)OCCCCCCCCCCCCCCCCCCCCCCCCCCC(=O)NC(CO)C(O)CCCCCCCCCCCCCC. The van der Waals surface area contributed by atoms with Crippen LogP contribution in [0.5, 0.6) is 0 Å². The molecule has 0 bridgehead atoms. The van der Waals surface area contributed by atoms with Crippen LogP contribution in [0.4, 0.5) is 0 Å². The summed E-state index contributed by atoms with van der Waals surface area (Å²) < 4.78 is 5.50. The van der Waals surface area contributed by atoms with Crippen LogP contribution in [-0.2, 0) is 14.3 Å². The summed E-state index contributed by atoms with van der Waals surface area (Å²) in [5.74, 6) is -0.0115. The third-order valence-electron chi connectivity index (χ3n) is 15.4. The van der Waals surface area contributed by atoms with Crippen molar-refractivity contribution in [1.82, 2.24) is 5.32 Å². The van der Waals surface area contributed by atoms with Gasteiger partial charge < -0.3 is 20.3 Å². The van der Waals surface area contributed by atoms with Crippen LogP contribution in [-0.4, -0.2) is 47.4 Å². The Balaban J connectivity index is 3.32. The van der Waals surface area contributed by atoms with Gasteiger partial charge in [0.1, 0.15) is 0 Å². The third kappa shape index (κ3) is 56.2. The second kappa shape index (κ2) is 60.4. The van der Waals surface area contributed by atoms with Crippen LogP contribution < -0.4 is 5.32 Å². The van der Waals surface area contributed by atoms with Gasteiger partial charge >= 0.3 is 5.97 Å². The zero-order chi connectivity index (χ0) is 50.7. The van der Waals surface area contributed by atoms with Crippen molar-refractivity contribution in [1.29, 1.82) is 0 Å². The zero-order valence-corrected chi connectivity index (χ0v) is 47.8. The molecule has 0 aromatic heterocycles. The van der Waals surface area contributed by atoms with E-state index < -0.39 is 12.1 Å². The molecule has 418 valence electrons. The van der Waals surface area contributed by atoms with Gasteiger partial charge in [-0.05, 0) is 25.7 Å². The van der Waals surface area contributed by atoms with Crippen molar-refractivity contribution in [3.63, 3.8) is 0 Å². The lowest BCUT2D eigenvalue weighted by Gasteiger charge is -2.22. The number of carbonyl (C=O) groups excluding carboxylic acids is 2. The smallest absolute Gasteiger partial charge is 0.305 e. The lowest BCUT2D eigenvalue weighted by atomic mass is 10.0. The Labute approximate surface area is 438 Å². The molecular formula is C64H127NO5. The van der Waals surface area contributed by atoms with Crippen molar-refractivity contribution in [2.24, 2.45) is 0 Å². The molecule has 0 aliphatic heterocycles. The first-order valence-corrected chi connectivity index (χ1v) is 32.3. The maximum absolute atomic E-state index is 12.5. The van der Waals surface area contributed by atoms with Crippen molar-refractivity contribution in [3.05, 3.63) is 0 Å². The van der Waals surface area contributed by atoms with E-state index in [0.717, 1.165) is 38.5 Å². The lowest BCUT2D eigenvalue weighted by Crippen LogP contribution is -2.45. The summed E-state index contributed by atoms with van der Waals surface area (Å²) in [4.78, 5) is 24.6. The maximum atomic E-state index is 12.5. The average molecular weight is 991 g/mol. The Hall–Kier alpha value is -1.14. The van der Waals surface area contributed by atoms with Gasteiger partial charge in [0.05, 0.1) is 25.4 Å². The number of hydrogen-bond acceptors (Lipinski definition) is 5. The van der Waals surface area contributed by atoms with E-state index in [9.17, 15) is 19.8 Å². The molecule has 0 radical (unpaired) electrons. The Morgan fingerprint density at radius 1 is 0.343 bits per heavy atom. The number of unbranched alkanes of at least 4 members (excludes halogenated alkanes) is 50. The molecule has 0 saturated heterocycles. The average Bonchev–Trinajstić information content (AvgIpc) is 3.36. The Bertz CT molecular complexity index is 1010. The molecule has 0 aliphatic carbocycles. The van der Waals surface area contributed by atoms with Crippen molar-refractivity contribution in [2.45, 2.75) is 386 Å². The molecule has 1 amide bonds. The van der Waals surface area contributed by atoms with Gasteiger partial charge in [-0.15, -0.1) is 0 Å². The monoisotopic (exact) mass is 990 g/mol. The fraction of sp³-hybridized carbons (Fsp3) is 0.969. The van der Waals surface area contributed by atoms with Crippen molar-refractivity contribution < 1.29 is 24.5 Å². The summed E-state index contributed by atoms with van der Waals surface area (Å²) in [6.07, 6.45) is 71.3. The van der Waals surface area contributed by atoms with E-state index in [1.807, 2.05) is 0 Å². The van der Waals surface area contributed by atoms with Gasteiger partial charge in [-0.3, -0.25) is 9.59 Å². The number of carbonyl (C=O) groups is 2. The highest BCUT2D eigenvalue weighted by molar-refractivity contribution is 5.76. The summed E-state index contributed by atoms with van der Waals surface area (Å²) in [6.45, 7) is 4.98. The largest absolute Gasteiger partial charge is 0.466 e. The second-order valence-corrected chi connectivity index (χ2v) is 22.5. The van der Waals surface area contributed by atoms with E-state index in [-0.39, 0.29) is 18.5 Å². The highest BCUT2D eigenvalue weighted by atomic mass is 16.5. The molecule has 2 atom stereocenters. The van der Waals surface area contributed by atoms with Crippen LogP contribution in [0.25, 0.3) is 0 Å². The minimum Gasteiger partial charge on any atom is -0.466 e. The minimum absolute atomic E-state index is 0.0204. The quantitative estimate of drug-likeness (QED) is 0.0417. The van der Waals surface area contributed by atoms with Gasteiger partial charge in [0.25, 0.3) is 0 Å². The van der Waals surface area contributed by atoms with Gasteiger partial charge in [0.15, 0.2) is 0 Å². The van der Waals surface area contributed by atoms with Crippen LogP contribution in [0.1, 0.15) is 373 Å². The fourth-order valence-corrected chi connectivity index (χ4v) is 10.5. The first kappa shape index (κ1) is 68.9. The summed E-state index contributed by atoms with van der Waals surface area (Å²) in [5, 5.41) is 23.2. The summed E-state index contributed by atoms with van der Waals surface area (Å²) in [6, 6.07) is -0.538. The van der Waals surface area contributed by atoms with Gasteiger partial charge in [0, 0.05) is 12.8 Å². The lowest BCUT2D eigenvalue weighted by molar-refractivity contribution is -0.143. The molecule has 0 rings (SSSR count). The second-order valence-electron chi connectivity index (χ2n) is 22.5. The zero-order valence-electron chi connectivity index (χ0n) is 47.8. The molecule has 0 aliphatic rings. The predicted molar refractivity (Wildman–Crippen MR) is 306 cm³/mol. The van der Waals surface area contributed by atoms with Crippen LogP contribution in [0.2, 0.25) is 0 Å². The topological polar surface area (TPSA) is 95.9 Å². The number of hydrogen-bond donors (Lipinski definition) is 3. The summed E-state index contributed by atoms with van der Waals surface area (Å²) >= 11 is 0. The van der Waals surface area contributed by atoms with E-state index in [1.165, 1.54) is 302 Å². The number of ether oxygens (including phenoxy) is 1. The highest BCUT2D eigenvalue weighted by Crippen LogP contribution is 2.19. The number of aliphatic hydroxyl groups is 2. The Kier molecular flexibility index (Phi) is 59.4. The standard InChI is InChI=1S/C64H127NO5/c1-3-5-7-9-11-13-15-17-18-27-31-34-38-42-46-50-54-58-64(69)70-59-55-51-47-43-39-35-32-29-26-24-22-20-19-21-23-25-28-30-33-37-41-45-49-53-57-63(68)65-61(60-66)62(67)56-52-48-44-40-36-16-14-12-10-8-6-4-2/h61-62,66-67H,3-60H2,1-2H3,(H,65,68). The first-order chi connectivity index (χ1) is 34.5. The van der Waals surface area contributed by atoms with Crippen molar-refractivity contribution in [3.8, 4) is 0 Å². The molecule has 2 unspecified atom stereocenters. The van der Waals surface area contributed by atoms with E-state index in [2.05, 4.69) is 19.2 Å². The van der Waals surface area contributed by atoms with Crippen LogP contribution >= 0.6 is 0 Å². The molecule has 0 spiro atoms. The van der Waals surface area contributed by atoms with E-state index >= 15 is 0 Å². The molecule has 6 heteroatoms. The maximum Gasteiger partial charge on any atom is 0.305 e. The molecule has 70 heavy (non-hydrogen) atoms. The predicted octanol–water partition coefficient (Wildman–Crippen LogP) is 20.3. The summed E-state index contributed by atoms with van der Waals surface area (Å²) in [5.41, 5.74) is 0. The first-order valence-electron chi connectivity index (χ1n) is 32.3. The number of nitrogens with one attached hydrogen (secondary N) is 1. The molecule has 0 aromatic carbocycles. The van der Waals surface area contributed by atoms with Gasteiger partial charge in [-0.2, -0.15) is 0 Å². The molecule has 0 aromatic rings. The van der Waals surface area contributed by atoms with Gasteiger partial charge in [0.2, 0.25) is 5.91 Å². The van der Waals surface area contributed by atoms with Gasteiger partial charge in [-0.25, -0.2) is 0 Å². The molecule has 0 fully saturated rings. The third-order valence-corrected chi connectivity index (χ3v) is 15.4. The molecule has 3 N–H and O–H groups in total. The van der Waals surface area contributed by atoms with E-state index in [1.54, 1.807) is 0 Å². The van der Waals surface area contributed by atoms with Gasteiger partial charge in [-0.1, -0.05) is 335 Å². The van der Waals surface area contributed by atoms with E-state index in [0.29, 0.717) is 25.9 Å². The van der Waals surface area contributed by atoms with Crippen molar-refractivity contribution in [2.75, 3.05) is 13.2 Å². The molecule has 6 nitrogen and oxygen atoms in total. The fourth-order valence-electron chi connectivity index (χ4n) is 10.5. The van der Waals surface area contributed by atoms with Crippen LogP contribution in [0, 0.1) is 0 Å². The normalized spacial score (nSPS) is 12.5. The number of aliphatic hydroxyl groups excluding tert-OH is 2. The molecule has 0 heterocycles. The molecule has 0 saturated carbocycles. The molecular weight excluding hydrogens is 863 g/mol. The number of esters is 1. The summed E-state index contributed by atoms with van der Waals surface area (Å²) in [7, 11) is 0. The van der Waals surface area contributed by atoms with Crippen LogP contribution in [0.15, 0.2) is 0 Å². The Morgan fingerprint density at radius 2 is 0.586 bits per heavy atom. The minimum atomic E-state index is -0.661. The number of rotatable bonds is 61.